The quantitative estimate of drug-likeness (QED) is 0.346. The Morgan fingerprint density at radius 1 is 0.550 bits per heavy atom. The standard InChI is InChI=1S/C16H32O4/c1-5-9-12-18-15(17-8-4)16(19-13-10-6-2)20-14-11-7-3/h5-14H2,1-4H3. The molecule has 4 heteroatoms. The Morgan fingerprint density at radius 3 is 1.20 bits per heavy atom. The van der Waals surface area contributed by atoms with E-state index >= 15 is 0 Å². The lowest BCUT2D eigenvalue weighted by molar-refractivity contribution is -0.0436. The molecule has 0 heterocycles. The van der Waals surface area contributed by atoms with E-state index in [1.54, 1.807) is 0 Å². The third-order valence-corrected chi connectivity index (χ3v) is 2.64. The van der Waals surface area contributed by atoms with Crippen molar-refractivity contribution in [3.05, 3.63) is 11.9 Å². The molecule has 0 atom stereocenters. The zero-order valence-electron chi connectivity index (χ0n) is 13.7. The molecule has 0 aromatic heterocycles. The van der Waals surface area contributed by atoms with Gasteiger partial charge in [0.25, 0.3) is 0 Å². The van der Waals surface area contributed by atoms with Gasteiger partial charge in [-0.25, -0.2) is 0 Å². The van der Waals surface area contributed by atoms with Gasteiger partial charge < -0.3 is 18.9 Å². The number of hydrogen-bond acceptors (Lipinski definition) is 4. The molecular weight excluding hydrogens is 256 g/mol. The minimum atomic E-state index is 0.396. The van der Waals surface area contributed by atoms with Crippen LogP contribution in [-0.2, 0) is 18.9 Å². The molecule has 0 aliphatic carbocycles. The Bertz CT molecular complexity index is 227. The average Bonchev–Trinajstić information content (AvgIpc) is 2.45. The Morgan fingerprint density at radius 2 is 0.900 bits per heavy atom. The highest BCUT2D eigenvalue weighted by Crippen LogP contribution is 2.14. The molecule has 0 saturated heterocycles. The fraction of sp³-hybridized carbons (Fsp3) is 0.875. The van der Waals surface area contributed by atoms with E-state index in [1.165, 1.54) is 0 Å². The van der Waals surface area contributed by atoms with E-state index in [0.29, 0.717) is 38.3 Å². The predicted octanol–water partition coefficient (Wildman–Crippen LogP) is 4.60. The van der Waals surface area contributed by atoms with Gasteiger partial charge in [0.1, 0.15) is 0 Å². The molecular formula is C16H32O4. The summed E-state index contributed by atoms with van der Waals surface area (Å²) in [6.07, 6.45) is 6.24. The Hall–Kier alpha value is -1.06. The maximum atomic E-state index is 5.68. The van der Waals surface area contributed by atoms with Crippen LogP contribution in [0.4, 0.5) is 0 Å². The summed E-state index contributed by atoms with van der Waals surface area (Å²) in [5.74, 6) is 0.804. The summed E-state index contributed by atoms with van der Waals surface area (Å²) >= 11 is 0. The maximum Gasteiger partial charge on any atom is 0.364 e. The van der Waals surface area contributed by atoms with E-state index in [9.17, 15) is 0 Å². The van der Waals surface area contributed by atoms with Gasteiger partial charge in [-0.1, -0.05) is 40.0 Å². The zero-order chi connectivity index (χ0) is 15.1. The first-order valence-corrected chi connectivity index (χ1v) is 8.05. The van der Waals surface area contributed by atoms with Crippen molar-refractivity contribution in [2.45, 2.75) is 66.2 Å². The Labute approximate surface area is 124 Å². The molecule has 120 valence electrons. The lowest BCUT2D eigenvalue weighted by Crippen LogP contribution is -2.10. The monoisotopic (exact) mass is 288 g/mol. The minimum absolute atomic E-state index is 0.396. The first-order valence-electron chi connectivity index (χ1n) is 8.05. The fourth-order valence-electron chi connectivity index (χ4n) is 1.38. The Balaban J connectivity index is 4.56. The molecule has 0 spiro atoms. The predicted molar refractivity (Wildman–Crippen MR) is 81.2 cm³/mol. The van der Waals surface area contributed by atoms with Gasteiger partial charge in [-0.05, 0) is 26.2 Å². The summed E-state index contributed by atoms with van der Waals surface area (Å²) in [4.78, 5) is 0. The third kappa shape index (κ3) is 9.82. The molecule has 0 amide bonds. The van der Waals surface area contributed by atoms with Crippen molar-refractivity contribution in [2.24, 2.45) is 0 Å². The van der Waals surface area contributed by atoms with Crippen LogP contribution in [0.15, 0.2) is 11.9 Å². The van der Waals surface area contributed by atoms with Gasteiger partial charge in [0.15, 0.2) is 0 Å². The van der Waals surface area contributed by atoms with Crippen LogP contribution < -0.4 is 0 Å². The van der Waals surface area contributed by atoms with Gasteiger partial charge in [-0.2, -0.15) is 0 Å². The third-order valence-electron chi connectivity index (χ3n) is 2.64. The second-order valence-electron chi connectivity index (χ2n) is 4.61. The first-order chi connectivity index (χ1) is 9.79. The van der Waals surface area contributed by atoms with Crippen LogP contribution in [0.25, 0.3) is 0 Å². The molecule has 4 nitrogen and oxygen atoms in total. The highest BCUT2D eigenvalue weighted by atomic mass is 16.7. The van der Waals surface area contributed by atoms with Gasteiger partial charge in [-0.3, -0.25) is 0 Å². The summed E-state index contributed by atoms with van der Waals surface area (Å²) in [5.41, 5.74) is 0. The summed E-state index contributed by atoms with van der Waals surface area (Å²) in [5, 5.41) is 0. The van der Waals surface area contributed by atoms with E-state index in [-0.39, 0.29) is 0 Å². The maximum absolute atomic E-state index is 5.68. The van der Waals surface area contributed by atoms with Crippen LogP contribution >= 0.6 is 0 Å². The van der Waals surface area contributed by atoms with Gasteiger partial charge >= 0.3 is 11.9 Å². The molecule has 0 unspecified atom stereocenters. The van der Waals surface area contributed by atoms with E-state index in [0.717, 1.165) is 38.5 Å². The van der Waals surface area contributed by atoms with Crippen molar-refractivity contribution in [2.75, 3.05) is 26.4 Å². The fourth-order valence-corrected chi connectivity index (χ4v) is 1.38. The highest BCUT2D eigenvalue weighted by molar-refractivity contribution is 4.86. The van der Waals surface area contributed by atoms with Crippen molar-refractivity contribution in [3.8, 4) is 0 Å². The highest BCUT2D eigenvalue weighted by Gasteiger charge is 2.14. The molecule has 0 radical (unpaired) electrons. The molecule has 0 N–H and O–H groups in total. The van der Waals surface area contributed by atoms with Crippen LogP contribution in [0.1, 0.15) is 66.2 Å². The molecule has 0 aromatic rings. The summed E-state index contributed by atoms with van der Waals surface area (Å²) in [7, 11) is 0. The first kappa shape index (κ1) is 18.9. The van der Waals surface area contributed by atoms with E-state index in [4.69, 9.17) is 18.9 Å². The number of hydrogen-bond donors (Lipinski definition) is 0. The largest absolute Gasteiger partial charge is 0.461 e. The molecule has 0 rings (SSSR count). The normalized spacial score (nSPS) is 10.0. The topological polar surface area (TPSA) is 36.9 Å². The second-order valence-corrected chi connectivity index (χ2v) is 4.61. The Kier molecular flexibility index (Phi) is 13.6. The van der Waals surface area contributed by atoms with Crippen LogP contribution in [-0.4, -0.2) is 26.4 Å². The van der Waals surface area contributed by atoms with Crippen LogP contribution in [0, 0.1) is 0 Å². The summed E-state index contributed by atoms with van der Waals surface area (Å²) in [6, 6.07) is 0. The number of ether oxygens (including phenoxy) is 4. The minimum Gasteiger partial charge on any atom is -0.461 e. The van der Waals surface area contributed by atoms with Crippen molar-refractivity contribution < 1.29 is 18.9 Å². The second kappa shape index (κ2) is 14.4. The lowest BCUT2D eigenvalue weighted by Gasteiger charge is -2.16. The summed E-state index contributed by atoms with van der Waals surface area (Å²) < 4.78 is 22.5. The molecule has 0 saturated carbocycles. The molecule has 0 aliphatic heterocycles. The van der Waals surface area contributed by atoms with Crippen LogP contribution in [0.5, 0.6) is 0 Å². The van der Waals surface area contributed by atoms with Gasteiger partial charge in [-0.15, -0.1) is 0 Å². The molecule has 0 bridgehead atoms. The van der Waals surface area contributed by atoms with Gasteiger partial charge in [0, 0.05) is 0 Å². The van der Waals surface area contributed by atoms with E-state index < -0.39 is 0 Å². The van der Waals surface area contributed by atoms with Gasteiger partial charge in [0.05, 0.1) is 26.4 Å². The summed E-state index contributed by atoms with van der Waals surface area (Å²) in [6.45, 7) is 10.8. The molecule has 20 heavy (non-hydrogen) atoms. The SMILES string of the molecule is CCCCOC(OCC)=C(OCCCC)OCCCC. The van der Waals surface area contributed by atoms with Crippen LogP contribution in [0.3, 0.4) is 0 Å². The van der Waals surface area contributed by atoms with Crippen molar-refractivity contribution in [3.63, 3.8) is 0 Å². The van der Waals surface area contributed by atoms with E-state index in [1.807, 2.05) is 6.92 Å². The molecule has 0 fully saturated rings. The van der Waals surface area contributed by atoms with Crippen LogP contribution in [0.2, 0.25) is 0 Å². The van der Waals surface area contributed by atoms with E-state index in [2.05, 4.69) is 20.8 Å². The molecule has 0 aromatic carbocycles. The lowest BCUT2D eigenvalue weighted by atomic mass is 10.4. The number of rotatable bonds is 14. The van der Waals surface area contributed by atoms with Gasteiger partial charge in [0.2, 0.25) is 0 Å². The average molecular weight is 288 g/mol. The van der Waals surface area contributed by atoms with Crippen molar-refractivity contribution >= 4 is 0 Å². The van der Waals surface area contributed by atoms with Crippen molar-refractivity contribution in [1.29, 1.82) is 0 Å². The van der Waals surface area contributed by atoms with Crippen molar-refractivity contribution in [1.82, 2.24) is 0 Å². The zero-order valence-corrected chi connectivity index (χ0v) is 13.7. The smallest absolute Gasteiger partial charge is 0.364 e. The number of unbranched alkanes of at least 4 members (excludes halogenated alkanes) is 3. The molecule has 0 aliphatic rings.